The quantitative estimate of drug-likeness (QED) is 0.313. The molecule has 0 saturated heterocycles. The second kappa shape index (κ2) is 10.7. The van der Waals surface area contributed by atoms with Crippen LogP contribution in [0.3, 0.4) is 0 Å². The molecule has 0 rings (SSSR count). The Morgan fingerprint density at radius 3 is 2.17 bits per heavy atom. The van der Waals surface area contributed by atoms with Gasteiger partial charge in [-0.15, -0.1) is 0 Å². The molecule has 0 heterocycles. The van der Waals surface area contributed by atoms with E-state index >= 15 is 0 Å². The Morgan fingerprint density at radius 1 is 1.28 bits per heavy atom. The van der Waals surface area contributed by atoms with E-state index in [0.29, 0.717) is 5.04 Å². The van der Waals surface area contributed by atoms with Crippen LogP contribution in [0.2, 0.25) is 18.1 Å². The Balaban J connectivity index is -0.00000112. The molecular weight excluding hydrogens is 272 g/mol. The van der Waals surface area contributed by atoms with Crippen molar-refractivity contribution in [3.8, 4) is 0 Å². The summed E-state index contributed by atoms with van der Waals surface area (Å²) < 4.78 is 6.15. The summed E-state index contributed by atoms with van der Waals surface area (Å²) in [5.74, 6) is 0. The summed E-state index contributed by atoms with van der Waals surface area (Å²) in [5.41, 5.74) is 1.37. The molecule has 0 aliphatic rings. The van der Waals surface area contributed by atoms with Gasteiger partial charge in [0, 0.05) is 0 Å². The second-order valence-corrected chi connectivity index (χ2v) is 10.9. The van der Waals surface area contributed by atoms with Gasteiger partial charge in [0.15, 0.2) is 8.32 Å². The normalized spacial score (nSPS) is 12.7. The SMILES string of the molecule is C[CH-]CC/C=C(\C)CO[Si](C)(C)C(C)(C)C.[Cl-].[Mg+2]. The number of allylic oxidation sites excluding steroid dienone is 1. The van der Waals surface area contributed by atoms with Gasteiger partial charge in [0.05, 0.1) is 6.61 Å². The molecule has 104 valence electrons. The summed E-state index contributed by atoms with van der Waals surface area (Å²) in [7, 11) is -1.56. The van der Waals surface area contributed by atoms with Gasteiger partial charge in [-0.2, -0.15) is 13.3 Å². The Labute approximate surface area is 138 Å². The van der Waals surface area contributed by atoms with Crippen LogP contribution in [0.25, 0.3) is 0 Å². The molecule has 0 aromatic heterocycles. The minimum atomic E-state index is -1.56. The maximum atomic E-state index is 6.15. The molecule has 0 N–H and O–H groups in total. The van der Waals surface area contributed by atoms with Crippen molar-refractivity contribution in [1.82, 2.24) is 0 Å². The predicted molar refractivity (Wildman–Crippen MR) is 81.9 cm³/mol. The monoisotopic (exact) mass is 300 g/mol. The Kier molecular flexibility index (Phi) is 14.3. The van der Waals surface area contributed by atoms with E-state index in [-0.39, 0.29) is 35.5 Å². The van der Waals surface area contributed by atoms with Crippen LogP contribution in [0.5, 0.6) is 0 Å². The zero-order chi connectivity index (χ0) is 12.8. The number of hydrogen-bond donors (Lipinski definition) is 0. The van der Waals surface area contributed by atoms with Crippen molar-refractivity contribution in [2.75, 3.05) is 6.61 Å². The van der Waals surface area contributed by atoms with Gasteiger partial charge in [-0.1, -0.05) is 38.8 Å². The molecule has 0 radical (unpaired) electrons. The Morgan fingerprint density at radius 2 is 1.78 bits per heavy atom. The molecule has 0 unspecified atom stereocenters. The molecule has 0 aliphatic heterocycles. The topological polar surface area (TPSA) is 9.23 Å². The minimum Gasteiger partial charge on any atom is -1.00 e. The van der Waals surface area contributed by atoms with Gasteiger partial charge in [-0.3, -0.25) is 0 Å². The van der Waals surface area contributed by atoms with E-state index < -0.39 is 8.32 Å². The second-order valence-electron chi connectivity index (χ2n) is 6.09. The van der Waals surface area contributed by atoms with Crippen molar-refractivity contribution < 1.29 is 16.8 Å². The van der Waals surface area contributed by atoms with Crippen LogP contribution < -0.4 is 12.4 Å². The van der Waals surface area contributed by atoms with Gasteiger partial charge >= 0.3 is 23.1 Å². The number of rotatable bonds is 6. The maximum absolute atomic E-state index is 6.15. The van der Waals surface area contributed by atoms with Gasteiger partial charge in [0.2, 0.25) is 0 Å². The maximum Gasteiger partial charge on any atom is 2.00 e. The van der Waals surface area contributed by atoms with Crippen molar-refractivity contribution in [3.63, 3.8) is 0 Å². The van der Waals surface area contributed by atoms with Gasteiger partial charge in [0.25, 0.3) is 0 Å². The van der Waals surface area contributed by atoms with Crippen LogP contribution in [0, 0.1) is 6.42 Å². The molecule has 0 fully saturated rings. The molecule has 0 amide bonds. The van der Waals surface area contributed by atoms with Crippen molar-refractivity contribution in [1.29, 1.82) is 0 Å². The zero-order valence-corrected chi connectivity index (χ0v) is 16.4. The molecule has 0 spiro atoms. The fraction of sp³-hybridized carbons (Fsp3) is 0.786. The summed E-state index contributed by atoms with van der Waals surface area (Å²) in [6.07, 6.45) is 6.81. The van der Waals surface area contributed by atoms with E-state index in [1.807, 2.05) is 0 Å². The van der Waals surface area contributed by atoms with E-state index in [0.717, 1.165) is 19.4 Å². The molecular formula is C14H29ClMgOSi. The molecule has 0 aliphatic carbocycles. The third kappa shape index (κ3) is 9.84. The van der Waals surface area contributed by atoms with Crippen molar-refractivity contribution >= 4 is 31.4 Å². The van der Waals surface area contributed by atoms with Gasteiger partial charge in [0.1, 0.15) is 0 Å². The molecule has 0 saturated carbocycles. The third-order valence-electron chi connectivity index (χ3n) is 3.42. The van der Waals surface area contributed by atoms with Crippen molar-refractivity contribution in [2.24, 2.45) is 0 Å². The van der Waals surface area contributed by atoms with Crippen molar-refractivity contribution in [2.45, 2.75) is 65.6 Å². The summed E-state index contributed by atoms with van der Waals surface area (Å²) in [6, 6.07) is 0. The van der Waals surface area contributed by atoms with Crippen molar-refractivity contribution in [3.05, 3.63) is 18.1 Å². The molecule has 0 atom stereocenters. The molecule has 1 nitrogen and oxygen atoms in total. The molecule has 4 heteroatoms. The number of halogens is 1. The van der Waals surface area contributed by atoms with Gasteiger partial charge in [-0.05, 0) is 25.1 Å². The van der Waals surface area contributed by atoms with E-state index in [9.17, 15) is 0 Å². The minimum absolute atomic E-state index is 0. The average Bonchev–Trinajstić information content (AvgIpc) is 2.13. The zero-order valence-electron chi connectivity index (χ0n) is 13.3. The fourth-order valence-corrected chi connectivity index (χ4v) is 2.09. The number of hydrogen-bond acceptors (Lipinski definition) is 1. The van der Waals surface area contributed by atoms with Crippen LogP contribution >= 0.6 is 0 Å². The fourth-order valence-electron chi connectivity index (χ4n) is 1.07. The first-order valence-corrected chi connectivity index (χ1v) is 9.19. The first-order valence-electron chi connectivity index (χ1n) is 6.28. The smallest absolute Gasteiger partial charge is 1.00 e. The molecule has 0 aromatic carbocycles. The Hall–Kier alpha value is 0.973. The van der Waals surface area contributed by atoms with Gasteiger partial charge < -0.3 is 23.3 Å². The van der Waals surface area contributed by atoms with Gasteiger partial charge in [-0.25, -0.2) is 0 Å². The van der Waals surface area contributed by atoms with Crippen LogP contribution in [0.1, 0.15) is 47.5 Å². The van der Waals surface area contributed by atoms with E-state index in [1.54, 1.807) is 0 Å². The molecule has 0 bridgehead atoms. The first-order chi connectivity index (χ1) is 7.20. The third-order valence-corrected chi connectivity index (χ3v) is 7.89. The van der Waals surface area contributed by atoms with Crippen LogP contribution in [-0.2, 0) is 4.43 Å². The number of unbranched alkanes of at least 4 members (excludes halogenated alkanes) is 2. The largest absolute Gasteiger partial charge is 2.00 e. The standard InChI is InChI=1S/C14H29OSi.ClH.Mg/c1-8-9-10-11-13(2)12-15-16(6,7)14(3,4)5;;/h8,11H,9-10,12H2,1-7H3;1H;/q-1;;+2/p-1/b13-11+;;. The molecule has 18 heavy (non-hydrogen) atoms. The predicted octanol–water partition coefficient (Wildman–Crippen LogP) is 1.58. The first kappa shape index (κ1) is 24.0. The van der Waals surface area contributed by atoms with Crippen LogP contribution in [-0.4, -0.2) is 38.0 Å². The summed E-state index contributed by atoms with van der Waals surface area (Å²) >= 11 is 0. The van der Waals surface area contributed by atoms with Crippen LogP contribution in [0.4, 0.5) is 0 Å². The van der Waals surface area contributed by atoms with Crippen LogP contribution in [0.15, 0.2) is 11.6 Å². The summed E-state index contributed by atoms with van der Waals surface area (Å²) in [5, 5.41) is 0.310. The molecule has 0 aromatic rings. The summed E-state index contributed by atoms with van der Waals surface area (Å²) in [4.78, 5) is 0. The van der Waals surface area contributed by atoms with E-state index in [2.05, 4.69) is 60.2 Å². The van der Waals surface area contributed by atoms with E-state index in [4.69, 9.17) is 4.43 Å². The Bertz CT molecular complexity index is 234. The summed E-state index contributed by atoms with van der Waals surface area (Å²) in [6.45, 7) is 16.5. The average molecular weight is 301 g/mol. The van der Waals surface area contributed by atoms with E-state index in [1.165, 1.54) is 5.57 Å².